The molecular weight excluding hydrogens is 248 g/mol. The fourth-order valence-electron chi connectivity index (χ4n) is 2.92. The maximum Gasteiger partial charge on any atom is 0.122 e. The number of aryl methyl sites for hydroxylation is 1. The molecule has 2 atom stereocenters. The number of nitrogens with one attached hydrogen (secondary N) is 1. The lowest BCUT2D eigenvalue weighted by Crippen LogP contribution is -2.54. The largest absolute Gasteiger partial charge is 0.384 e. The van der Waals surface area contributed by atoms with E-state index in [1.807, 2.05) is 12.1 Å². The Morgan fingerprint density at radius 2 is 1.90 bits per heavy atom. The first-order chi connectivity index (χ1) is 9.38. The van der Waals surface area contributed by atoms with Gasteiger partial charge in [-0.2, -0.15) is 0 Å². The number of rotatable bonds is 3. The highest BCUT2D eigenvalue weighted by Gasteiger charge is 2.26. The summed E-state index contributed by atoms with van der Waals surface area (Å²) in [6.45, 7) is 9.86. The maximum atomic E-state index is 7.49. The summed E-state index contributed by atoms with van der Waals surface area (Å²) >= 11 is 0. The number of nitrogen functional groups attached to an aromatic ring is 1. The number of likely N-dealkylation sites (N-methyl/N-ethyl adjacent to an activating group) is 1. The van der Waals surface area contributed by atoms with Gasteiger partial charge in [0.1, 0.15) is 5.84 Å². The third-order valence-electron chi connectivity index (χ3n) is 4.48. The van der Waals surface area contributed by atoms with Gasteiger partial charge in [-0.05, 0) is 45.0 Å². The minimum atomic E-state index is 0.140. The van der Waals surface area contributed by atoms with E-state index in [-0.39, 0.29) is 5.84 Å². The molecule has 4 nitrogen and oxygen atoms in total. The summed E-state index contributed by atoms with van der Waals surface area (Å²) < 4.78 is 0. The van der Waals surface area contributed by atoms with Gasteiger partial charge >= 0.3 is 0 Å². The van der Waals surface area contributed by atoms with Crippen LogP contribution in [0.2, 0.25) is 0 Å². The second kappa shape index (κ2) is 5.94. The number of hydrogen-bond donors (Lipinski definition) is 2. The van der Waals surface area contributed by atoms with Gasteiger partial charge in [-0.3, -0.25) is 15.2 Å². The van der Waals surface area contributed by atoms with Crippen LogP contribution in [0.15, 0.2) is 18.2 Å². The van der Waals surface area contributed by atoms with E-state index >= 15 is 0 Å². The summed E-state index contributed by atoms with van der Waals surface area (Å²) in [5.41, 5.74) is 8.90. The zero-order valence-corrected chi connectivity index (χ0v) is 13.0. The number of nitrogens with zero attached hydrogens (tertiary/aromatic N) is 2. The highest BCUT2D eigenvalue weighted by molar-refractivity contribution is 5.95. The SMILES string of the molecule is Cc1cc(C(=N)N)ccc1CN1CC(C)N(C)C(C)C1. The molecule has 4 heteroatoms. The molecule has 0 spiro atoms. The zero-order chi connectivity index (χ0) is 14.9. The molecule has 3 N–H and O–H groups in total. The molecule has 0 saturated carbocycles. The van der Waals surface area contributed by atoms with Gasteiger partial charge in [-0.15, -0.1) is 0 Å². The van der Waals surface area contributed by atoms with Gasteiger partial charge < -0.3 is 5.73 Å². The molecule has 110 valence electrons. The van der Waals surface area contributed by atoms with Gasteiger partial charge in [-0.25, -0.2) is 0 Å². The fraction of sp³-hybridized carbons (Fsp3) is 0.562. The Labute approximate surface area is 122 Å². The Morgan fingerprint density at radius 3 is 2.40 bits per heavy atom. The minimum Gasteiger partial charge on any atom is -0.384 e. The molecule has 0 bridgehead atoms. The molecule has 2 rings (SSSR count). The molecule has 1 fully saturated rings. The fourth-order valence-corrected chi connectivity index (χ4v) is 2.92. The van der Waals surface area contributed by atoms with Crippen LogP contribution in [0.3, 0.4) is 0 Å². The van der Waals surface area contributed by atoms with Crippen LogP contribution < -0.4 is 5.73 Å². The van der Waals surface area contributed by atoms with Gasteiger partial charge in [0.15, 0.2) is 0 Å². The third kappa shape index (κ3) is 3.19. The van der Waals surface area contributed by atoms with Gasteiger partial charge in [0.25, 0.3) is 0 Å². The van der Waals surface area contributed by atoms with Crippen molar-refractivity contribution >= 4 is 5.84 Å². The molecule has 1 aromatic carbocycles. The Bertz CT molecular complexity index is 485. The van der Waals surface area contributed by atoms with E-state index in [4.69, 9.17) is 11.1 Å². The summed E-state index contributed by atoms with van der Waals surface area (Å²) in [6.07, 6.45) is 0. The number of piperazine rings is 1. The van der Waals surface area contributed by atoms with Gasteiger partial charge in [0, 0.05) is 37.3 Å². The van der Waals surface area contributed by atoms with Gasteiger partial charge in [-0.1, -0.05) is 12.1 Å². The molecule has 0 amide bonds. The monoisotopic (exact) mass is 274 g/mol. The zero-order valence-electron chi connectivity index (χ0n) is 13.0. The van der Waals surface area contributed by atoms with Crippen LogP contribution in [0, 0.1) is 12.3 Å². The van der Waals surface area contributed by atoms with Gasteiger partial charge in [0.05, 0.1) is 0 Å². The molecule has 20 heavy (non-hydrogen) atoms. The molecule has 0 aromatic heterocycles. The predicted molar refractivity (Wildman–Crippen MR) is 84.2 cm³/mol. The maximum absolute atomic E-state index is 7.49. The van der Waals surface area contributed by atoms with Crippen molar-refractivity contribution in [3.63, 3.8) is 0 Å². The second-order valence-corrected chi connectivity index (χ2v) is 6.11. The molecule has 1 aromatic rings. The first kappa shape index (κ1) is 15.0. The van der Waals surface area contributed by atoms with Crippen molar-refractivity contribution in [1.82, 2.24) is 9.80 Å². The Kier molecular flexibility index (Phi) is 4.45. The van der Waals surface area contributed by atoms with Crippen LogP contribution in [0.4, 0.5) is 0 Å². The van der Waals surface area contributed by atoms with Crippen molar-refractivity contribution in [3.05, 3.63) is 34.9 Å². The quantitative estimate of drug-likeness (QED) is 0.653. The van der Waals surface area contributed by atoms with E-state index < -0.39 is 0 Å². The summed E-state index contributed by atoms with van der Waals surface area (Å²) in [5.74, 6) is 0.140. The van der Waals surface area contributed by atoms with E-state index in [9.17, 15) is 0 Å². The second-order valence-electron chi connectivity index (χ2n) is 6.11. The van der Waals surface area contributed by atoms with Gasteiger partial charge in [0.2, 0.25) is 0 Å². The van der Waals surface area contributed by atoms with Crippen LogP contribution >= 0.6 is 0 Å². The van der Waals surface area contributed by atoms with E-state index in [0.29, 0.717) is 12.1 Å². The van der Waals surface area contributed by atoms with Crippen molar-refractivity contribution in [3.8, 4) is 0 Å². The first-order valence-corrected chi connectivity index (χ1v) is 7.26. The van der Waals surface area contributed by atoms with Crippen LogP contribution in [0.5, 0.6) is 0 Å². The van der Waals surface area contributed by atoms with E-state index in [1.165, 1.54) is 11.1 Å². The summed E-state index contributed by atoms with van der Waals surface area (Å²) in [6, 6.07) is 7.26. The normalized spacial score (nSPS) is 24.8. The number of benzene rings is 1. The first-order valence-electron chi connectivity index (χ1n) is 7.26. The van der Waals surface area contributed by atoms with E-state index in [1.54, 1.807) is 0 Å². The Hall–Kier alpha value is -1.39. The van der Waals surface area contributed by atoms with Crippen molar-refractivity contribution in [2.45, 2.75) is 39.4 Å². The molecular formula is C16H26N4. The van der Waals surface area contributed by atoms with Crippen molar-refractivity contribution in [2.24, 2.45) is 5.73 Å². The average Bonchev–Trinajstić information content (AvgIpc) is 2.38. The van der Waals surface area contributed by atoms with Crippen molar-refractivity contribution < 1.29 is 0 Å². The lowest BCUT2D eigenvalue weighted by molar-refractivity contribution is 0.0555. The number of nitrogens with two attached hydrogens (primary N) is 1. The van der Waals surface area contributed by atoms with Crippen LogP contribution in [0.25, 0.3) is 0 Å². The molecule has 0 aliphatic carbocycles. The lowest BCUT2D eigenvalue weighted by atomic mass is 10.0. The molecule has 1 heterocycles. The summed E-state index contributed by atoms with van der Waals surface area (Å²) in [5, 5.41) is 7.49. The number of amidine groups is 1. The molecule has 2 unspecified atom stereocenters. The van der Waals surface area contributed by atoms with Crippen LogP contribution in [-0.2, 0) is 6.54 Å². The average molecular weight is 274 g/mol. The third-order valence-corrected chi connectivity index (χ3v) is 4.48. The highest BCUT2D eigenvalue weighted by Crippen LogP contribution is 2.18. The van der Waals surface area contributed by atoms with Crippen LogP contribution in [0.1, 0.15) is 30.5 Å². The predicted octanol–water partition coefficient (Wildman–Crippen LogP) is 1.80. The molecule has 0 radical (unpaired) electrons. The molecule has 1 saturated heterocycles. The van der Waals surface area contributed by atoms with Crippen molar-refractivity contribution in [2.75, 3.05) is 20.1 Å². The Morgan fingerprint density at radius 1 is 1.30 bits per heavy atom. The smallest absolute Gasteiger partial charge is 0.122 e. The minimum absolute atomic E-state index is 0.140. The van der Waals surface area contributed by atoms with E-state index in [2.05, 4.69) is 43.7 Å². The highest BCUT2D eigenvalue weighted by atomic mass is 15.3. The topological polar surface area (TPSA) is 56.4 Å². The standard InChI is InChI=1S/C16H26N4/c1-11-7-14(16(17)18)5-6-15(11)10-20-8-12(2)19(4)13(3)9-20/h5-7,12-13H,8-10H2,1-4H3,(H3,17,18). The summed E-state index contributed by atoms with van der Waals surface area (Å²) in [4.78, 5) is 4.97. The molecule has 1 aliphatic rings. The van der Waals surface area contributed by atoms with Crippen molar-refractivity contribution in [1.29, 1.82) is 5.41 Å². The number of hydrogen-bond acceptors (Lipinski definition) is 3. The molecule has 1 aliphatic heterocycles. The van der Waals surface area contributed by atoms with E-state index in [0.717, 1.165) is 25.2 Å². The Balaban J connectivity index is 2.09. The summed E-state index contributed by atoms with van der Waals surface area (Å²) in [7, 11) is 2.21. The van der Waals surface area contributed by atoms with Crippen LogP contribution in [-0.4, -0.2) is 47.9 Å². The lowest BCUT2D eigenvalue weighted by Gasteiger charge is -2.42.